The minimum absolute atomic E-state index is 0.00959. The molecule has 0 aliphatic heterocycles. The Morgan fingerprint density at radius 1 is 1.33 bits per heavy atom. The minimum atomic E-state index is -0.417. The lowest BCUT2D eigenvalue weighted by atomic mass is 10.1. The molecule has 110 valence electrons. The number of amides is 1. The predicted octanol–water partition coefficient (Wildman–Crippen LogP) is 0.943. The molecule has 1 aromatic carbocycles. The van der Waals surface area contributed by atoms with Gasteiger partial charge in [-0.2, -0.15) is 5.10 Å². The van der Waals surface area contributed by atoms with Crippen molar-refractivity contribution in [1.29, 1.82) is 0 Å². The smallest absolute Gasteiger partial charge is 0.327 e. The van der Waals surface area contributed by atoms with E-state index in [0.717, 1.165) is 5.56 Å². The second kappa shape index (κ2) is 6.56. The number of carbonyl (C=O) groups excluding carboxylic acids is 2. The van der Waals surface area contributed by atoms with Gasteiger partial charge in [-0.3, -0.25) is 14.3 Å². The highest BCUT2D eigenvalue weighted by molar-refractivity contribution is 5.92. The molecular weight excluding hydrogens is 274 g/mol. The summed E-state index contributed by atoms with van der Waals surface area (Å²) in [4.78, 5) is 22.9. The molecule has 1 amide bonds. The maximum Gasteiger partial charge on any atom is 0.327 e. The Labute approximate surface area is 121 Å². The molecular formula is C14H15N3O4. The van der Waals surface area contributed by atoms with Crippen molar-refractivity contribution in [3.05, 3.63) is 42.2 Å². The number of hydrogen-bond donors (Lipinski definition) is 2. The fourth-order valence-electron chi connectivity index (χ4n) is 1.72. The summed E-state index contributed by atoms with van der Waals surface area (Å²) >= 11 is 0. The molecule has 7 nitrogen and oxygen atoms in total. The predicted molar refractivity (Wildman–Crippen MR) is 74.7 cm³/mol. The summed E-state index contributed by atoms with van der Waals surface area (Å²) in [5.41, 5.74) is 1.29. The Kier molecular flexibility index (Phi) is 4.55. The van der Waals surface area contributed by atoms with Gasteiger partial charge in [-0.15, -0.1) is 0 Å². The van der Waals surface area contributed by atoms with Crippen molar-refractivity contribution in [2.75, 3.05) is 12.4 Å². The summed E-state index contributed by atoms with van der Waals surface area (Å²) in [7, 11) is 1.30. The van der Waals surface area contributed by atoms with E-state index in [1.807, 2.05) is 0 Å². The van der Waals surface area contributed by atoms with Crippen LogP contribution in [0.2, 0.25) is 0 Å². The van der Waals surface area contributed by atoms with Crippen LogP contribution in [0.25, 0.3) is 0 Å². The number of carbonyl (C=O) groups is 2. The van der Waals surface area contributed by atoms with Gasteiger partial charge in [0.05, 0.1) is 25.4 Å². The van der Waals surface area contributed by atoms with E-state index in [4.69, 9.17) is 0 Å². The molecule has 0 saturated carbocycles. The maximum absolute atomic E-state index is 11.9. The van der Waals surface area contributed by atoms with Gasteiger partial charge in [0.15, 0.2) is 0 Å². The zero-order valence-electron chi connectivity index (χ0n) is 11.4. The van der Waals surface area contributed by atoms with Crippen LogP contribution in [-0.4, -0.2) is 33.9 Å². The number of ether oxygens (including phenoxy) is 1. The lowest BCUT2D eigenvalue weighted by molar-refractivity contribution is -0.141. The number of rotatable bonds is 5. The van der Waals surface area contributed by atoms with E-state index in [1.165, 1.54) is 30.1 Å². The van der Waals surface area contributed by atoms with E-state index in [1.54, 1.807) is 18.3 Å². The Bertz CT molecular complexity index is 634. The topological polar surface area (TPSA) is 93.5 Å². The molecule has 0 spiro atoms. The van der Waals surface area contributed by atoms with Crippen LogP contribution in [0.1, 0.15) is 5.56 Å². The molecule has 0 saturated heterocycles. The van der Waals surface area contributed by atoms with Gasteiger partial charge in [0, 0.05) is 6.20 Å². The summed E-state index contributed by atoms with van der Waals surface area (Å²) in [5.74, 6) is -0.471. The van der Waals surface area contributed by atoms with Gasteiger partial charge in [-0.1, -0.05) is 12.1 Å². The fraction of sp³-hybridized carbons (Fsp3) is 0.214. The van der Waals surface area contributed by atoms with Crippen molar-refractivity contribution < 1.29 is 19.4 Å². The Morgan fingerprint density at radius 3 is 2.71 bits per heavy atom. The van der Waals surface area contributed by atoms with Gasteiger partial charge >= 0.3 is 5.97 Å². The van der Waals surface area contributed by atoms with Crippen LogP contribution in [0.5, 0.6) is 5.75 Å². The van der Waals surface area contributed by atoms with Crippen LogP contribution in [-0.2, 0) is 27.3 Å². The summed E-state index contributed by atoms with van der Waals surface area (Å²) in [5, 5.41) is 15.8. The summed E-state index contributed by atoms with van der Waals surface area (Å²) < 4.78 is 5.90. The number of aromatic nitrogens is 2. The number of hydrogen-bond acceptors (Lipinski definition) is 5. The molecule has 1 aromatic heterocycles. The molecule has 21 heavy (non-hydrogen) atoms. The van der Waals surface area contributed by atoms with E-state index in [2.05, 4.69) is 15.2 Å². The summed E-state index contributed by atoms with van der Waals surface area (Å²) in [6, 6.07) is 6.40. The number of phenols is 1. The van der Waals surface area contributed by atoms with Crippen LogP contribution in [0.15, 0.2) is 36.7 Å². The highest BCUT2D eigenvalue weighted by Crippen LogP contribution is 2.11. The van der Waals surface area contributed by atoms with Crippen LogP contribution in [0.4, 0.5) is 5.69 Å². The van der Waals surface area contributed by atoms with Gasteiger partial charge in [0.1, 0.15) is 12.3 Å². The van der Waals surface area contributed by atoms with Crippen molar-refractivity contribution >= 4 is 17.6 Å². The third-order valence-corrected chi connectivity index (χ3v) is 2.74. The highest BCUT2D eigenvalue weighted by Gasteiger charge is 2.08. The fourth-order valence-corrected chi connectivity index (χ4v) is 1.72. The molecule has 0 unspecified atom stereocenters. The molecule has 0 aliphatic rings. The monoisotopic (exact) mass is 289 g/mol. The molecule has 2 N–H and O–H groups in total. The Hall–Kier alpha value is -2.83. The quantitative estimate of drug-likeness (QED) is 0.799. The average molecular weight is 289 g/mol. The lowest BCUT2D eigenvalue weighted by Crippen LogP contribution is -2.14. The van der Waals surface area contributed by atoms with E-state index >= 15 is 0 Å². The molecule has 0 atom stereocenters. The van der Waals surface area contributed by atoms with Gasteiger partial charge in [0.25, 0.3) is 0 Å². The van der Waals surface area contributed by atoms with Crippen molar-refractivity contribution in [1.82, 2.24) is 9.78 Å². The molecule has 0 bridgehead atoms. The molecule has 1 heterocycles. The number of esters is 1. The normalized spacial score (nSPS) is 10.1. The van der Waals surface area contributed by atoms with Crippen LogP contribution >= 0.6 is 0 Å². The van der Waals surface area contributed by atoms with Gasteiger partial charge < -0.3 is 15.2 Å². The first-order chi connectivity index (χ1) is 10.1. The van der Waals surface area contributed by atoms with Crippen molar-refractivity contribution in [2.24, 2.45) is 0 Å². The maximum atomic E-state index is 11.9. The second-order valence-electron chi connectivity index (χ2n) is 4.39. The lowest BCUT2D eigenvalue weighted by Gasteiger charge is -2.03. The zero-order chi connectivity index (χ0) is 15.2. The molecule has 0 fully saturated rings. The van der Waals surface area contributed by atoms with E-state index in [-0.39, 0.29) is 24.6 Å². The highest BCUT2D eigenvalue weighted by atomic mass is 16.5. The first-order valence-electron chi connectivity index (χ1n) is 6.24. The van der Waals surface area contributed by atoms with E-state index in [0.29, 0.717) is 5.69 Å². The number of phenolic OH excluding ortho intramolecular Hbond substituents is 1. The van der Waals surface area contributed by atoms with E-state index < -0.39 is 5.97 Å². The van der Waals surface area contributed by atoms with E-state index in [9.17, 15) is 14.7 Å². The number of nitrogens with zero attached hydrogens (tertiary/aromatic N) is 2. The van der Waals surface area contributed by atoms with Gasteiger partial charge in [0.2, 0.25) is 5.91 Å². The number of nitrogens with one attached hydrogen (secondary N) is 1. The van der Waals surface area contributed by atoms with Gasteiger partial charge in [-0.05, 0) is 17.7 Å². The molecule has 2 aromatic rings. The minimum Gasteiger partial charge on any atom is -0.508 e. The van der Waals surface area contributed by atoms with Crippen molar-refractivity contribution in [3.8, 4) is 5.75 Å². The number of benzene rings is 1. The van der Waals surface area contributed by atoms with Crippen LogP contribution in [0, 0.1) is 0 Å². The first kappa shape index (κ1) is 14.6. The average Bonchev–Trinajstić information content (AvgIpc) is 2.88. The molecule has 0 aliphatic carbocycles. The molecule has 7 heteroatoms. The van der Waals surface area contributed by atoms with Crippen molar-refractivity contribution in [3.63, 3.8) is 0 Å². The Balaban J connectivity index is 1.90. The third-order valence-electron chi connectivity index (χ3n) is 2.74. The molecule has 2 rings (SSSR count). The zero-order valence-corrected chi connectivity index (χ0v) is 11.4. The van der Waals surface area contributed by atoms with Gasteiger partial charge in [-0.25, -0.2) is 0 Å². The SMILES string of the molecule is COC(=O)Cn1cc(NC(=O)Cc2ccc(O)cc2)cn1. The standard InChI is InChI=1S/C14H15N3O4/c1-21-14(20)9-17-8-11(7-15-17)16-13(19)6-10-2-4-12(18)5-3-10/h2-5,7-8,18H,6,9H2,1H3,(H,16,19). The van der Waals surface area contributed by atoms with Crippen LogP contribution < -0.4 is 5.32 Å². The van der Waals surface area contributed by atoms with Crippen LogP contribution in [0.3, 0.4) is 0 Å². The largest absolute Gasteiger partial charge is 0.508 e. The third kappa shape index (κ3) is 4.34. The number of methoxy groups -OCH3 is 1. The first-order valence-corrected chi connectivity index (χ1v) is 6.24. The number of aromatic hydroxyl groups is 1. The van der Waals surface area contributed by atoms with Crippen molar-refractivity contribution in [2.45, 2.75) is 13.0 Å². The second-order valence-corrected chi connectivity index (χ2v) is 4.39. The summed E-state index contributed by atoms with van der Waals surface area (Å²) in [6.07, 6.45) is 3.19. The number of anilines is 1. The Morgan fingerprint density at radius 2 is 2.05 bits per heavy atom. The molecule has 0 radical (unpaired) electrons. The summed E-state index contributed by atoms with van der Waals surface area (Å²) in [6.45, 7) is -0.00959.